The lowest BCUT2D eigenvalue weighted by Crippen LogP contribution is -1.92. The first-order valence-electron chi connectivity index (χ1n) is 3.34. The summed E-state index contributed by atoms with van der Waals surface area (Å²) in [6.07, 6.45) is 4.80. The Balaban J connectivity index is 0.000000810. The van der Waals surface area contributed by atoms with E-state index in [1.807, 2.05) is 6.20 Å². The molecule has 0 aromatic carbocycles. The number of rotatable bonds is 2. The first kappa shape index (κ1) is 6.33. The second-order valence-electron chi connectivity index (χ2n) is 2.28. The van der Waals surface area contributed by atoms with E-state index in [1.54, 1.807) is 6.20 Å². The van der Waals surface area contributed by atoms with Gasteiger partial charge in [0.25, 0.3) is 0 Å². The molecule has 0 aliphatic carbocycles. The van der Waals surface area contributed by atoms with Crippen molar-refractivity contribution in [1.29, 1.82) is 0 Å². The van der Waals surface area contributed by atoms with Gasteiger partial charge in [0.15, 0.2) is 0 Å². The van der Waals surface area contributed by atoms with Crippen LogP contribution in [0.25, 0.3) is 0 Å². The van der Waals surface area contributed by atoms with Gasteiger partial charge in [-0.3, -0.25) is 0 Å². The molecule has 0 radical (unpaired) electrons. The van der Waals surface area contributed by atoms with E-state index < -0.39 is 0 Å². The van der Waals surface area contributed by atoms with Gasteiger partial charge >= 0.3 is 0 Å². The summed E-state index contributed by atoms with van der Waals surface area (Å²) in [5, 5.41) is 0. The molecule has 1 unspecified atom stereocenters. The lowest BCUT2D eigenvalue weighted by molar-refractivity contribution is 0.689. The Bertz CT molecular complexity index is 160. The number of hydrogen-bond acceptors (Lipinski definition) is 1. The predicted molar refractivity (Wildman–Crippen MR) is 39.4 cm³/mol. The van der Waals surface area contributed by atoms with Crippen molar-refractivity contribution in [1.82, 2.24) is 9.97 Å². The van der Waals surface area contributed by atoms with Crippen molar-refractivity contribution < 1.29 is 1.43 Å². The topological polar surface area (TPSA) is 28.7 Å². The largest absolute Gasteiger partial charge is 0.348 e. The quantitative estimate of drug-likeness (QED) is 0.646. The molecule has 1 N–H and O–H groups in total. The van der Waals surface area contributed by atoms with E-state index in [4.69, 9.17) is 0 Å². The molecule has 9 heavy (non-hydrogen) atoms. The normalized spacial score (nSPS) is 13.6. The van der Waals surface area contributed by atoms with Gasteiger partial charge in [-0.15, -0.1) is 0 Å². The Morgan fingerprint density at radius 2 is 2.67 bits per heavy atom. The average molecular weight is 126 g/mol. The predicted octanol–water partition coefficient (Wildman–Crippen LogP) is 2.17. The maximum atomic E-state index is 4.13. The van der Waals surface area contributed by atoms with Crippen molar-refractivity contribution >= 4 is 0 Å². The van der Waals surface area contributed by atoms with E-state index in [2.05, 4.69) is 23.8 Å². The van der Waals surface area contributed by atoms with Crippen LogP contribution < -0.4 is 0 Å². The first-order chi connectivity index (χ1) is 4.34. The highest BCUT2D eigenvalue weighted by Crippen LogP contribution is 2.12. The average Bonchev–Trinajstić information content (AvgIpc) is 2.37. The first-order valence-corrected chi connectivity index (χ1v) is 3.34. The van der Waals surface area contributed by atoms with Crippen LogP contribution in [0.5, 0.6) is 0 Å². The van der Waals surface area contributed by atoms with Crippen LogP contribution in [0.15, 0.2) is 12.4 Å². The zero-order valence-corrected chi connectivity index (χ0v) is 5.89. The fraction of sp³-hybridized carbons (Fsp3) is 0.571. The third-order valence-electron chi connectivity index (χ3n) is 1.60. The molecule has 1 rings (SSSR count). The second kappa shape index (κ2) is 2.67. The van der Waals surface area contributed by atoms with Gasteiger partial charge in [-0.1, -0.05) is 13.8 Å². The maximum Gasteiger partial charge on any atom is 0.108 e. The number of aromatic amines is 1. The molecule has 0 saturated heterocycles. The smallest absolute Gasteiger partial charge is 0.108 e. The lowest BCUT2D eigenvalue weighted by atomic mass is 10.1. The summed E-state index contributed by atoms with van der Waals surface area (Å²) in [5.74, 6) is 1.66. The Kier molecular flexibility index (Phi) is 1.88. The fourth-order valence-corrected chi connectivity index (χ4v) is 0.740. The van der Waals surface area contributed by atoms with Crippen molar-refractivity contribution in [3.63, 3.8) is 0 Å². The van der Waals surface area contributed by atoms with Gasteiger partial charge < -0.3 is 4.98 Å². The molecule has 2 nitrogen and oxygen atoms in total. The summed E-state index contributed by atoms with van der Waals surface area (Å²) in [6, 6.07) is 0. The molecule has 1 heterocycles. The van der Waals surface area contributed by atoms with Crippen LogP contribution in [-0.4, -0.2) is 9.97 Å². The van der Waals surface area contributed by atoms with Crippen molar-refractivity contribution in [2.24, 2.45) is 0 Å². The van der Waals surface area contributed by atoms with Crippen molar-refractivity contribution in [3.8, 4) is 0 Å². The monoisotopic (exact) mass is 126 g/mol. The molecular weight excluding hydrogens is 112 g/mol. The molecule has 0 aliphatic heterocycles. The summed E-state index contributed by atoms with van der Waals surface area (Å²) in [6.45, 7) is 4.33. The molecule has 0 saturated carbocycles. The molecule has 2 heteroatoms. The second-order valence-corrected chi connectivity index (χ2v) is 2.28. The third kappa shape index (κ3) is 1.31. The van der Waals surface area contributed by atoms with Gasteiger partial charge in [-0.25, -0.2) is 4.98 Å². The molecule has 1 atom stereocenters. The highest BCUT2D eigenvalue weighted by Gasteiger charge is 2.02. The SMILES string of the molecule is CCC(C)c1ncc[nH]1.[HH]. The van der Waals surface area contributed by atoms with E-state index in [1.165, 1.54) is 0 Å². The fourth-order valence-electron chi connectivity index (χ4n) is 0.740. The highest BCUT2D eigenvalue weighted by molar-refractivity contribution is 4.93. The van der Waals surface area contributed by atoms with Crippen LogP contribution in [-0.2, 0) is 0 Å². The molecule has 0 aliphatic rings. The van der Waals surface area contributed by atoms with Crippen molar-refractivity contribution in [2.45, 2.75) is 26.2 Å². The van der Waals surface area contributed by atoms with E-state index in [9.17, 15) is 0 Å². The van der Waals surface area contributed by atoms with Crippen molar-refractivity contribution in [3.05, 3.63) is 18.2 Å². The molecular formula is C7H14N2. The maximum absolute atomic E-state index is 4.13. The van der Waals surface area contributed by atoms with Crippen LogP contribution in [0, 0.1) is 0 Å². The molecule has 1 aromatic heterocycles. The van der Waals surface area contributed by atoms with Gasteiger partial charge in [0.2, 0.25) is 0 Å². The van der Waals surface area contributed by atoms with Gasteiger partial charge in [-0.05, 0) is 6.42 Å². The van der Waals surface area contributed by atoms with Gasteiger partial charge in [0, 0.05) is 19.7 Å². The Hall–Kier alpha value is -0.790. The van der Waals surface area contributed by atoms with Crippen LogP contribution in [0.3, 0.4) is 0 Å². The minimum absolute atomic E-state index is 0. The zero-order chi connectivity index (χ0) is 6.69. The standard InChI is InChI=1S/C7H12N2.H2/c1-3-6(2)7-8-4-5-9-7;/h4-6H,3H2,1-2H3,(H,8,9);1H. The molecule has 0 fully saturated rings. The Labute approximate surface area is 56.8 Å². The Morgan fingerprint density at radius 3 is 3.11 bits per heavy atom. The number of nitrogens with one attached hydrogen (secondary N) is 1. The summed E-state index contributed by atoms with van der Waals surface area (Å²) in [4.78, 5) is 7.21. The summed E-state index contributed by atoms with van der Waals surface area (Å²) in [5.41, 5.74) is 0. The van der Waals surface area contributed by atoms with E-state index in [0.717, 1.165) is 12.2 Å². The number of H-pyrrole nitrogens is 1. The van der Waals surface area contributed by atoms with Gasteiger partial charge in [0.1, 0.15) is 5.82 Å². The van der Waals surface area contributed by atoms with Gasteiger partial charge in [0.05, 0.1) is 0 Å². The Morgan fingerprint density at radius 1 is 1.89 bits per heavy atom. The summed E-state index contributed by atoms with van der Waals surface area (Å²) >= 11 is 0. The number of nitrogens with zero attached hydrogens (tertiary/aromatic N) is 1. The third-order valence-corrected chi connectivity index (χ3v) is 1.60. The van der Waals surface area contributed by atoms with Crippen LogP contribution in [0.2, 0.25) is 0 Å². The lowest BCUT2D eigenvalue weighted by Gasteiger charge is -2.01. The number of imidazole rings is 1. The van der Waals surface area contributed by atoms with E-state index >= 15 is 0 Å². The minimum atomic E-state index is 0. The number of aromatic nitrogens is 2. The van der Waals surface area contributed by atoms with Crippen LogP contribution >= 0.6 is 0 Å². The van der Waals surface area contributed by atoms with E-state index in [-0.39, 0.29) is 1.43 Å². The van der Waals surface area contributed by atoms with Crippen LogP contribution in [0.4, 0.5) is 0 Å². The molecule has 1 aromatic rings. The minimum Gasteiger partial charge on any atom is -0.348 e. The highest BCUT2D eigenvalue weighted by atomic mass is 14.9. The number of hydrogen-bond donors (Lipinski definition) is 1. The van der Waals surface area contributed by atoms with Crippen molar-refractivity contribution in [2.75, 3.05) is 0 Å². The summed E-state index contributed by atoms with van der Waals surface area (Å²) < 4.78 is 0. The zero-order valence-electron chi connectivity index (χ0n) is 5.89. The van der Waals surface area contributed by atoms with Crippen LogP contribution in [0.1, 0.15) is 33.4 Å². The van der Waals surface area contributed by atoms with Gasteiger partial charge in [-0.2, -0.15) is 0 Å². The molecule has 52 valence electrons. The molecule has 0 bridgehead atoms. The summed E-state index contributed by atoms with van der Waals surface area (Å²) in [7, 11) is 0. The van der Waals surface area contributed by atoms with E-state index in [0.29, 0.717) is 5.92 Å². The molecule has 0 amide bonds. The molecule has 0 spiro atoms.